The van der Waals surface area contributed by atoms with Gasteiger partial charge in [0.2, 0.25) is 0 Å². The highest BCUT2D eigenvalue weighted by Gasteiger charge is 2.09. The van der Waals surface area contributed by atoms with E-state index in [4.69, 9.17) is 4.74 Å². The molecule has 0 bridgehead atoms. The summed E-state index contributed by atoms with van der Waals surface area (Å²) in [5.41, 5.74) is 1.43. The molecule has 0 spiro atoms. The van der Waals surface area contributed by atoms with E-state index in [-0.39, 0.29) is 0 Å². The summed E-state index contributed by atoms with van der Waals surface area (Å²) < 4.78 is 5.34. The van der Waals surface area contributed by atoms with Gasteiger partial charge in [-0.3, -0.25) is 0 Å². The van der Waals surface area contributed by atoms with Crippen LogP contribution in [0.1, 0.15) is 24.8 Å². The third-order valence-corrected chi connectivity index (χ3v) is 3.12. The molecule has 1 aliphatic heterocycles. The van der Waals surface area contributed by atoms with Gasteiger partial charge in [-0.05, 0) is 37.2 Å². The molecule has 0 radical (unpaired) electrons. The molecule has 1 fully saturated rings. The van der Waals surface area contributed by atoms with Crippen molar-refractivity contribution < 1.29 is 4.74 Å². The minimum Gasteiger partial charge on any atom is -0.381 e. The third kappa shape index (κ3) is 3.82. The maximum atomic E-state index is 5.34. The molecule has 0 atom stereocenters. The van der Waals surface area contributed by atoms with Crippen molar-refractivity contribution in [3.8, 4) is 0 Å². The van der Waals surface area contributed by atoms with Gasteiger partial charge in [-0.25, -0.2) is 0 Å². The van der Waals surface area contributed by atoms with Gasteiger partial charge in [0, 0.05) is 13.2 Å². The van der Waals surface area contributed by atoms with Gasteiger partial charge in [-0.2, -0.15) is 0 Å². The Labute approximate surface area is 98.1 Å². The van der Waals surface area contributed by atoms with Crippen molar-refractivity contribution in [2.45, 2.75) is 25.7 Å². The average molecular weight is 216 g/mol. The summed E-state index contributed by atoms with van der Waals surface area (Å²) in [7, 11) is 0. The predicted molar refractivity (Wildman–Crippen MR) is 67.4 cm³/mol. The second kappa shape index (κ2) is 6.49. The summed E-state index contributed by atoms with van der Waals surface area (Å²) in [4.78, 5) is 0. The average Bonchev–Trinajstić information content (AvgIpc) is 2.37. The molecule has 1 aromatic rings. The maximum absolute atomic E-state index is 5.34. The monoisotopic (exact) mass is 216 g/mol. The fraction of sp³-hybridized carbons (Fsp3) is 0.467. The standard InChI is InChI=1S/C15H20O/c1-2-6-14(7-3-1)8-4-5-9-15-10-12-16-13-11-15/h1-3,5-7,9,15H,4,8,10-13H2/b9-5+. The summed E-state index contributed by atoms with van der Waals surface area (Å²) in [5.74, 6) is 0.754. The molecule has 1 heteroatoms. The van der Waals surface area contributed by atoms with Crippen LogP contribution in [0.25, 0.3) is 0 Å². The molecule has 1 saturated heterocycles. The second-order valence-corrected chi connectivity index (χ2v) is 4.40. The van der Waals surface area contributed by atoms with Gasteiger partial charge in [0.05, 0.1) is 0 Å². The highest BCUT2D eigenvalue weighted by atomic mass is 16.5. The fourth-order valence-corrected chi connectivity index (χ4v) is 2.09. The summed E-state index contributed by atoms with van der Waals surface area (Å²) >= 11 is 0. The first-order chi connectivity index (χ1) is 7.95. The van der Waals surface area contributed by atoms with Crippen LogP contribution >= 0.6 is 0 Å². The van der Waals surface area contributed by atoms with Gasteiger partial charge < -0.3 is 4.74 Å². The topological polar surface area (TPSA) is 9.23 Å². The molecule has 0 aromatic heterocycles. The molecule has 0 amide bonds. The number of ether oxygens (including phenoxy) is 1. The number of benzene rings is 1. The largest absolute Gasteiger partial charge is 0.381 e. The van der Waals surface area contributed by atoms with Crippen LogP contribution in [0.15, 0.2) is 42.5 Å². The third-order valence-electron chi connectivity index (χ3n) is 3.12. The van der Waals surface area contributed by atoms with E-state index in [1.165, 1.54) is 18.4 Å². The predicted octanol–water partition coefficient (Wildman–Crippen LogP) is 3.60. The Bertz CT molecular complexity index is 309. The fourth-order valence-electron chi connectivity index (χ4n) is 2.09. The van der Waals surface area contributed by atoms with Gasteiger partial charge in [0.15, 0.2) is 0 Å². The lowest BCUT2D eigenvalue weighted by Gasteiger charge is -2.18. The van der Waals surface area contributed by atoms with Crippen molar-refractivity contribution in [1.29, 1.82) is 0 Å². The molecule has 86 valence electrons. The van der Waals surface area contributed by atoms with E-state index < -0.39 is 0 Å². The number of hydrogen-bond donors (Lipinski definition) is 0. The molecule has 16 heavy (non-hydrogen) atoms. The van der Waals surface area contributed by atoms with E-state index in [0.29, 0.717) is 0 Å². The van der Waals surface area contributed by atoms with Gasteiger partial charge in [-0.15, -0.1) is 0 Å². The molecule has 1 heterocycles. The second-order valence-electron chi connectivity index (χ2n) is 4.40. The van der Waals surface area contributed by atoms with Crippen LogP contribution < -0.4 is 0 Å². The van der Waals surface area contributed by atoms with E-state index in [1.807, 2.05) is 0 Å². The molecule has 0 N–H and O–H groups in total. The van der Waals surface area contributed by atoms with E-state index in [9.17, 15) is 0 Å². The Kier molecular flexibility index (Phi) is 4.63. The van der Waals surface area contributed by atoms with E-state index in [0.717, 1.165) is 32.0 Å². The lowest BCUT2D eigenvalue weighted by Crippen LogP contribution is -2.13. The summed E-state index contributed by atoms with van der Waals surface area (Å²) in [6.45, 7) is 1.88. The first-order valence-corrected chi connectivity index (χ1v) is 6.23. The van der Waals surface area contributed by atoms with Gasteiger partial charge in [0.25, 0.3) is 0 Å². The molecule has 0 aliphatic carbocycles. The zero-order valence-corrected chi connectivity index (χ0v) is 9.77. The molecule has 1 nitrogen and oxygen atoms in total. The van der Waals surface area contributed by atoms with E-state index in [1.54, 1.807) is 0 Å². The van der Waals surface area contributed by atoms with Crippen molar-refractivity contribution in [3.63, 3.8) is 0 Å². The molecule has 1 aliphatic rings. The summed E-state index contributed by atoms with van der Waals surface area (Å²) in [5, 5.41) is 0. The zero-order chi connectivity index (χ0) is 11.1. The Morgan fingerprint density at radius 1 is 1.12 bits per heavy atom. The van der Waals surface area contributed by atoms with Crippen molar-refractivity contribution in [2.75, 3.05) is 13.2 Å². The highest BCUT2D eigenvalue weighted by molar-refractivity contribution is 5.15. The van der Waals surface area contributed by atoms with Gasteiger partial charge in [-0.1, -0.05) is 42.5 Å². The normalized spacial score (nSPS) is 18.0. The van der Waals surface area contributed by atoms with Crippen LogP contribution in [-0.2, 0) is 11.2 Å². The first kappa shape index (κ1) is 11.4. The Morgan fingerprint density at radius 2 is 1.88 bits per heavy atom. The molecule has 2 rings (SSSR count). The lowest BCUT2D eigenvalue weighted by atomic mass is 9.99. The van der Waals surface area contributed by atoms with Gasteiger partial charge >= 0.3 is 0 Å². The van der Waals surface area contributed by atoms with Crippen LogP contribution in [0, 0.1) is 5.92 Å². The van der Waals surface area contributed by atoms with Crippen LogP contribution in [0.3, 0.4) is 0 Å². The smallest absolute Gasteiger partial charge is 0.0471 e. The Hall–Kier alpha value is -1.08. The molecule has 0 saturated carbocycles. The molecular weight excluding hydrogens is 196 g/mol. The van der Waals surface area contributed by atoms with Crippen molar-refractivity contribution >= 4 is 0 Å². The Balaban J connectivity index is 1.69. The quantitative estimate of drug-likeness (QED) is 0.699. The van der Waals surface area contributed by atoms with Crippen molar-refractivity contribution in [3.05, 3.63) is 48.0 Å². The number of allylic oxidation sites excluding steroid dienone is 2. The number of hydrogen-bond acceptors (Lipinski definition) is 1. The summed E-state index contributed by atoms with van der Waals surface area (Å²) in [6.07, 6.45) is 9.42. The Morgan fingerprint density at radius 3 is 2.62 bits per heavy atom. The van der Waals surface area contributed by atoms with E-state index in [2.05, 4.69) is 42.5 Å². The van der Waals surface area contributed by atoms with Crippen LogP contribution in [0.4, 0.5) is 0 Å². The molecular formula is C15H20O. The lowest BCUT2D eigenvalue weighted by molar-refractivity contribution is 0.0785. The first-order valence-electron chi connectivity index (χ1n) is 6.23. The van der Waals surface area contributed by atoms with Crippen molar-refractivity contribution in [2.24, 2.45) is 5.92 Å². The molecule has 0 unspecified atom stereocenters. The van der Waals surface area contributed by atoms with E-state index >= 15 is 0 Å². The van der Waals surface area contributed by atoms with Crippen LogP contribution in [0.2, 0.25) is 0 Å². The van der Waals surface area contributed by atoms with Crippen LogP contribution in [-0.4, -0.2) is 13.2 Å². The zero-order valence-electron chi connectivity index (χ0n) is 9.77. The molecule has 1 aromatic carbocycles. The SMILES string of the molecule is C(=C\C1CCOCC1)/CCc1ccccc1. The number of rotatable bonds is 4. The maximum Gasteiger partial charge on any atom is 0.0471 e. The number of aryl methyl sites for hydroxylation is 1. The minimum absolute atomic E-state index is 0.754. The highest BCUT2D eigenvalue weighted by Crippen LogP contribution is 2.16. The van der Waals surface area contributed by atoms with Crippen molar-refractivity contribution in [1.82, 2.24) is 0 Å². The van der Waals surface area contributed by atoms with Crippen LogP contribution in [0.5, 0.6) is 0 Å². The summed E-state index contributed by atoms with van der Waals surface area (Å²) in [6, 6.07) is 10.7. The van der Waals surface area contributed by atoms with Gasteiger partial charge in [0.1, 0.15) is 0 Å². The minimum atomic E-state index is 0.754.